The molecule has 1 unspecified atom stereocenters. The van der Waals surface area contributed by atoms with Crippen LogP contribution in [0, 0.1) is 0 Å². The van der Waals surface area contributed by atoms with Gasteiger partial charge in [-0.3, -0.25) is 0 Å². The second kappa shape index (κ2) is 4.67. The van der Waals surface area contributed by atoms with Crippen LogP contribution in [0.3, 0.4) is 0 Å². The summed E-state index contributed by atoms with van der Waals surface area (Å²) in [4.78, 5) is 4.47. The van der Waals surface area contributed by atoms with Gasteiger partial charge >= 0.3 is 0 Å². The molecule has 1 rings (SSSR count). The minimum absolute atomic E-state index is 0.440. The van der Waals surface area contributed by atoms with E-state index in [0.717, 1.165) is 17.3 Å². The van der Waals surface area contributed by atoms with Crippen molar-refractivity contribution >= 4 is 11.5 Å². The van der Waals surface area contributed by atoms with Crippen LogP contribution in [0.25, 0.3) is 0 Å². The Morgan fingerprint density at radius 3 is 2.54 bits per heavy atom. The first-order valence-electron chi connectivity index (χ1n) is 4.63. The van der Waals surface area contributed by atoms with Crippen LogP contribution in [-0.2, 0) is 6.42 Å². The lowest BCUT2D eigenvalue weighted by Crippen LogP contribution is -2.23. The third kappa shape index (κ3) is 3.04. The molecule has 0 fully saturated rings. The van der Waals surface area contributed by atoms with Gasteiger partial charge in [0.15, 0.2) is 0 Å². The normalized spacial score (nSPS) is 13.6. The van der Waals surface area contributed by atoms with Crippen molar-refractivity contribution in [1.82, 2.24) is 14.7 Å². The Morgan fingerprint density at radius 1 is 1.38 bits per heavy atom. The van der Waals surface area contributed by atoms with Gasteiger partial charge in [0.05, 0.1) is 0 Å². The molecule has 4 heteroatoms. The zero-order chi connectivity index (χ0) is 9.84. The van der Waals surface area contributed by atoms with Crippen molar-refractivity contribution in [2.75, 3.05) is 7.05 Å². The second-order valence-corrected chi connectivity index (χ2v) is 4.43. The summed E-state index contributed by atoms with van der Waals surface area (Å²) in [6.45, 7) is 6.39. The number of hydrogen-bond acceptors (Lipinski definition) is 4. The number of hydrogen-bond donors (Lipinski definition) is 1. The molecule has 1 N–H and O–H groups in total. The van der Waals surface area contributed by atoms with Crippen LogP contribution in [0.15, 0.2) is 0 Å². The molecule has 0 radical (unpaired) electrons. The van der Waals surface area contributed by atoms with Crippen LogP contribution >= 0.6 is 11.5 Å². The Bertz CT molecular complexity index is 257. The second-order valence-electron chi connectivity index (χ2n) is 3.59. The molecular formula is C9H17N3S. The van der Waals surface area contributed by atoms with Crippen molar-refractivity contribution in [2.24, 2.45) is 0 Å². The summed E-state index contributed by atoms with van der Waals surface area (Å²) in [6.07, 6.45) is 0.973. The lowest BCUT2D eigenvalue weighted by atomic mass is 10.2. The third-order valence-electron chi connectivity index (χ3n) is 1.97. The van der Waals surface area contributed by atoms with Gasteiger partial charge in [-0.25, -0.2) is 4.98 Å². The molecule has 0 amide bonds. The van der Waals surface area contributed by atoms with Crippen molar-refractivity contribution in [3.05, 3.63) is 10.8 Å². The van der Waals surface area contributed by atoms with Gasteiger partial charge in [0.2, 0.25) is 0 Å². The maximum Gasteiger partial charge on any atom is 0.145 e. The molecule has 13 heavy (non-hydrogen) atoms. The summed E-state index contributed by atoms with van der Waals surface area (Å²) in [5.74, 6) is 1.41. The summed E-state index contributed by atoms with van der Waals surface area (Å²) < 4.78 is 4.31. The maximum atomic E-state index is 4.47. The van der Waals surface area contributed by atoms with E-state index in [9.17, 15) is 0 Å². The fraction of sp³-hybridized carbons (Fsp3) is 0.778. The Balaban J connectivity index is 2.58. The van der Waals surface area contributed by atoms with E-state index in [1.165, 1.54) is 11.5 Å². The Morgan fingerprint density at radius 2 is 2.08 bits per heavy atom. The van der Waals surface area contributed by atoms with Gasteiger partial charge in [-0.2, -0.15) is 4.37 Å². The molecule has 0 aliphatic rings. The summed E-state index contributed by atoms with van der Waals surface area (Å²) in [7, 11) is 1.97. The maximum absolute atomic E-state index is 4.47. The predicted molar refractivity (Wildman–Crippen MR) is 56.2 cm³/mol. The molecule has 0 spiro atoms. The lowest BCUT2D eigenvalue weighted by Gasteiger charge is -2.05. The highest BCUT2D eigenvalue weighted by Gasteiger charge is 2.09. The molecule has 74 valence electrons. The van der Waals surface area contributed by atoms with Crippen molar-refractivity contribution in [3.8, 4) is 0 Å². The molecular weight excluding hydrogens is 182 g/mol. The SMILES string of the molecule is CNC(C)Cc1nc(C(C)C)ns1. The molecule has 0 aromatic carbocycles. The minimum atomic E-state index is 0.440. The first kappa shape index (κ1) is 10.6. The first-order valence-corrected chi connectivity index (χ1v) is 5.40. The average molecular weight is 199 g/mol. The molecule has 1 heterocycles. The zero-order valence-corrected chi connectivity index (χ0v) is 9.48. The van der Waals surface area contributed by atoms with Crippen LogP contribution < -0.4 is 5.32 Å². The molecule has 1 atom stereocenters. The fourth-order valence-corrected chi connectivity index (χ4v) is 1.86. The van der Waals surface area contributed by atoms with Gasteiger partial charge in [0.1, 0.15) is 10.8 Å². The number of likely N-dealkylation sites (N-methyl/N-ethyl adjacent to an activating group) is 1. The van der Waals surface area contributed by atoms with Gasteiger partial charge in [-0.15, -0.1) is 0 Å². The highest BCUT2D eigenvalue weighted by Crippen LogP contribution is 2.14. The highest BCUT2D eigenvalue weighted by atomic mass is 32.1. The van der Waals surface area contributed by atoms with E-state index >= 15 is 0 Å². The van der Waals surface area contributed by atoms with Crippen LogP contribution in [0.2, 0.25) is 0 Å². The van der Waals surface area contributed by atoms with Crippen molar-refractivity contribution in [3.63, 3.8) is 0 Å². The largest absolute Gasteiger partial charge is 0.317 e. The summed E-state index contributed by atoms with van der Waals surface area (Å²) in [6, 6.07) is 0.480. The lowest BCUT2D eigenvalue weighted by molar-refractivity contribution is 0.605. The Hall–Kier alpha value is -0.480. The topological polar surface area (TPSA) is 37.8 Å². The molecule has 3 nitrogen and oxygen atoms in total. The zero-order valence-electron chi connectivity index (χ0n) is 8.66. The molecule has 0 bridgehead atoms. The predicted octanol–water partition coefficient (Wildman–Crippen LogP) is 1.81. The fourth-order valence-electron chi connectivity index (χ4n) is 0.949. The van der Waals surface area contributed by atoms with E-state index in [2.05, 4.69) is 35.4 Å². The standard InChI is InChI=1S/C9H17N3S/c1-6(2)9-11-8(13-12-9)5-7(3)10-4/h6-7,10H,5H2,1-4H3. The van der Waals surface area contributed by atoms with E-state index in [-0.39, 0.29) is 0 Å². The van der Waals surface area contributed by atoms with Crippen LogP contribution in [-0.4, -0.2) is 22.4 Å². The van der Waals surface area contributed by atoms with E-state index in [1.807, 2.05) is 7.05 Å². The van der Waals surface area contributed by atoms with E-state index in [4.69, 9.17) is 0 Å². The summed E-state index contributed by atoms with van der Waals surface area (Å²) in [5, 5.41) is 4.32. The Labute approximate surface area is 83.8 Å². The summed E-state index contributed by atoms with van der Waals surface area (Å²) >= 11 is 1.52. The van der Waals surface area contributed by atoms with E-state index < -0.39 is 0 Å². The van der Waals surface area contributed by atoms with Gasteiger partial charge in [0.25, 0.3) is 0 Å². The van der Waals surface area contributed by atoms with Crippen molar-refractivity contribution in [2.45, 2.75) is 39.2 Å². The van der Waals surface area contributed by atoms with Crippen LogP contribution in [0.4, 0.5) is 0 Å². The monoisotopic (exact) mass is 199 g/mol. The van der Waals surface area contributed by atoms with E-state index in [1.54, 1.807) is 0 Å². The highest BCUT2D eigenvalue weighted by molar-refractivity contribution is 7.05. The van der Waals surface area contributed by atoms with Crippen molar-refractivity contribution < 1.29 is 0 Å². The number of nitrogens with one attached hydrogen (secondary N) is 1. The van der Waals surface area contributed by atoms with Crippen LogP contribution in [0.1, 0.15) is 37.5 Å². The quantitative estimate of drug-likeness (QED) is 0.803. The first-order chi connectivity index (χ1) is 6.13. The molecule has 0 saturated carbocycles. The van der Waals surface area contributed by atoms with Gasteiger partial charge < -0.3 is 5.32 Å². The molecule has 0 aliphatic carbocycles. The minimum Gasteiger partial charge on any atom is -0.317 e. The number of rotatable bonds is 4. The third-order valence-corrected chi connectivity index (χ3v) is 2.72. The Kier molecular flexibility index (Phi) is 3.81. The number of aromatic nitrogens is 2. The molecule has 0 saturated heterocycles. The summed E-state index contributed by atoms with van der Waals surface area (Å²) in [5.41, 5.74) is 0. The van der Waals surface area contributed by atoms with E-state index in [0.29, 0.717) is 12.0 Å². The molecule has 1 aromatic rings. The van der Waals surface area contributed by atoms with Gasteiger partial charge in [-0.1, -0.05) is 13.8 Å². The van der Waals surface area contributed by atoms with Gasteiger partial charge in [0, 0.05) is 18.4 Å². The smallest absolute Gasteiger partial charge is 0.145 e. The number of nitrogens with zero attached hydrogens (tertiary/aromatic N) is 2. The molecule has 1 aromatic heterocycles. The van der Waals surface area contributed by atoms with Crippen molar-refractivity contribution in [1.29, 1.82) is 0 Å². The average Bonchev–Trinajstić information content (AvgIpc) is 2.52. The molecule has 0 aliphatic heterocycles. The van der Waals surface area contributed by atoms with Gasteiger partial charge in [-0.05, 0) is 25.5 Å². The van der Waals surface area contributed by atoms with Crippen LogP contribution in [0.5, 0.6) is 0 Å².